The van der Waals surface area contributed by atoms with E-state index in [1.807, 2.05) is 0 Å². The number of aromatic nitrogens is 1. The fraction of sp³-hybridized carbons (Fsp3) is 0.625. The second-order valence-electron chi connectivity index (χ2n) is 6.24. The molecule has 1 aromatic heterocycles. The number of pyridine rings is 1. The summed E-state index contributed by atoms with van der Waals surface area (Å²) in [5.41, 5.74) is 0.519. The van der Waals surface area contributed by atoms with Gasteiger partial charge in [0, 0.05) is 31.9 Å². The van der Waals surface area contributed by atoms with Crippen molar-refractivity contribution in [2.24, 2.45) is 5.92 Å². The Balaban J connectivity index is 1.86. The van der Waals surface area contributed by atoms with Crippen LogP contribution in [0.2, 0.25) is 0 Å². The molecule has 122 valence electrons. The van der Waals surface area contributed by atoms with E-state index >= 15 is 0 Å². The number of amides is 1. The average molecular weight is 307 g/mol. The Morgan fingerprint density at radius 2 is 2.27 bits per heavy atom. The number of ether oxygens (including phenoxy) is 1. The highest BCUT2D eigenvalue weighted by atomic mass is 16.5. The van der Waals surface area contributed by atoms with Gasteiger partial charge in [0.15, 0.2) is 0 Å². The standard InChI is InChI=1S/C16H25N3O3/c1-11(2)9-19-6-7-22-13(10-19)8-17-15(20)14-5-4-12(3)18-16(14)21/h4-5,11,13H,6-10H2,1-3H3,(H,17,20)(H,18,21)/t13-/m1/s1. The Hall–Kier alpha value is -1.66. The van der Waals surface area contributed by atoms with Crippen molar-refractivity contribution in [3.8, 4) is 0 Å². The summed E-state index contributed by atoms with van der Waals surface area (Å²) in [7, 11) is 0. The summed E-state index contributed by atoms with van der Waals surface area (Å²) in [6.45, 7) is 10.0. The van der Waals surface area contributed by atoms with Gasteiger partial charge >= 0.3 is 0 Å². The third-order valence-electron chi connectivity index (χ3n) is 3.64. The molecule has 1 aliphatic rings. The molecule has 1 amide bonds. The summed E-state index contributed by atoms with van der Waals surface area (Å²) >= 11 is 0. The van der Waals surface area contributed by atoms with Crippen LogP contribution in [0.25, 0.3) is 0 Å². The van der Waals surface area contributed by atoms with Crippen LogP contribution in [0.1, 0.15) is 29.9 Å². The van der Waals surface area contributed by atoms with Crippen LogP contribution in [-0.2, 0) is 4.74 Å². The molecular formula is C16H25N3O3. The van der Waals surface area contributed by atoms with Gasteiger partial charge in [0.1, 0.15) is 5.56 Å². The van der Waals surface area contributed by atoms with E-state index in [1.165, 1.54) is 0 Å². The summed E-state index contributed by atoms with van der Waals surface area (Å²) in [5, 5.41) is 2.79. The minimum Gasteiger partial charge on any atom is -0.374 e. The van der Waals surface area contributed by atoms with E-state index in [9.17, 15) is 9.59 Å². The number of morpholine rings is 1. The Morgan fingerprint density at radius 1 is 1.50 bits per heavy atom. The molecular weight excluding hydrogens is 282 g/mol. The summed E-state index contributed by atoms with van der Waals surface area (Å²) in [4.78, 5) is 28.8. The lowest BCUT2D eigenvalue weighted by Crippen LogP contribution is -2.48. The van der Waals surface area contributed by atoms with Gasteiger partial charge in [-0.15, -0.1) is 0 Å². The van der Waals surface area contributed by atoms with Gasteiger partial charge in [-0.05, 0) is 25.0 Å². The number of hydrogen-bond donors (Lipinski definition) is 2. The molecule has 0 aromatic carbocycles. The first kappa shape index (κ1) is 16.7. The molecule has 1 aromatic rings. The maximum atomic E-state index is 12.1. The molecule has 0 unspecified atom stereocenters. The van der Waals surface area contributed by atoms with Crippen molar-refractivity contribution in [1.29, 1.82) is 0 Å². The molecule has 0 saturated carbocycles. The van der Waals surface area contributed by atoms with E-state index in [4.69, 9.17) is 4.74 Å². The zero-order valence-electron chi connectivity index (χ0n) is 13.5. The number of aryl methyl sites for hydroxylation is 1. The third kappa shape index (κ3) is 4.68. The number of rotatable bonds is 5. The first-order chi connectivity index (χ1) is 10.5. The highest BCUT2D eigenvalue weighted by Gasteiger charge is 2.22. The smallest absolute Gasteiger partial charge is 0.260 e. The lowest BCUT2D eigenvalue weighted by molar-refractivity contribution is -0.0295. The van der Waals surface area contributed by atoms with Crippen molar-refractivity contribution in [3.63, 3.8) is 0 Å². The molecule has 0 spiro atoms. The van der Waals surface area contributed by atoms with Crippen molar-refractivity contribution >= 4 is 5.91 Å². The zero-order valence-corrected chi connectivity index (χ0v) is 13.5. The van der Waals surface area contributed by atoms with Gasteiger partial charge in [0.05, 0.1) is 12.7 Å². The van der Waals surface area contributed by atoms with E-state index in [1.54, 1.807) is 19.1 Å². The van der Waals surface area contributed by atoms with E-state index < -0.39 is 0 Å². The summed E-state index contributed by atoms with van der Waals surface area (Å²) < 4.78 is 5.68. The Labute approximate surface area is 130 Å². The number of aromatic amines is 1. The lowest BCUT2D eigenvalue weighted by Gasteiger charge is -2.33. The molecule has 6 heteroatoms. The topological polar surface area (TPSA) is 74.4 Å². The molecule has 22 heavy (non-hydrogen) atoms. The van der Waals surface area contributed by atoms with Crippen molar-refractivity contribution in [3.05, 3.63) is 33.7 Å². The molecule has 1 atom stereocenters. The van der Waals surface area contributed by atoms with Crippen LogP contribution in [0.5, 0.6) is 0 Å². The van der Waals surface area contributed by atoms with Crippen LogP contribution < -0.4 is 10.9 Å². The number of carbonyl (C=O) groups excluding carboxylic acids is 1. The maximum absolute atomic E-state index is 12.1. The molecule has 0 bridgehead atoms. The van der Waals surface area contributed by atoms with Crippen LogP contribution in [-0.4, -0.2) is 54.7 Å². The minimum absolute atomic E-state index is 0.0269. The van der Waals surface area contributed by atoms with Crippen molar-refractivity contribution in [1.82, 2.24) is 15.2 Å². The molecule has 2 N–H and O–H groups in total. The van der Waals surface area contributed by atoms with Gasteiger partial charge in [0.25, 0.3) is 11.5 Å². The van der Waals surface area contributed by atoms with E-state index in [-0.39, 0.29) is 23.1 Å². The summed E-state index contributed by atoms with van der Waals surface area (Å²) in [6.07, 6.45) is -0.0269. The second-order valence-corrected chi connectivity index (χ2v) is 6.24. The molecule has 2 heterocycles. The van der Waals surface area contributed by atoms with Crippen LogP contribution in [0, 0.1) is 12.8 Å². The zero-order chi connectivity index (χ0) is 16.1. The second kappa shape index (κ2) is 7.56. The summed E-state index contributed by atoms with van der Waals surface area (Å²) in [6, 6.07) is 3.27. The molecule has 1 saturated heterocycles. The number of carbonyl (C=O) groups is 1. The number of H-pyrrole nitrogens is 1. The SMILES string of the molecule is Cc1ccc(C(=O)NC[C@@H]2CN(CC(C)C)CCO2)c(=O)[nH]1. The highest BCUT2D eigenvalue weighted by Crippen LogP contribution is 2.07. The molecule has 0 radical (unpaired) electrons. The van der Waals surface area contributed by atoms with Crippen LogP contribution in [0.3, 0.4) is 0 Å². The Bertz CT molecular complexity index is 568. The Morgan fingerprint density at radius 3 is 2.95 bits per heavy atom. The molecule has 0 aliphatic carbocycles. The molecule has 6 nitrogen and oxygen atoms in total. The quantitative estimate of drug-likeness (QED) is 0.842. The number of nitrogens with zero attached hydrogens (tertiary/aromatic N) is 1. The molecule has 1 aliphatic heterocycles. The van der Waals surface area contributed by atoms with E-state index in [0.29, 0.717) is 19.1 Å². The number of nitrogens with one attached hydrogen (secondary N) is 2. The van der Waals surface area contributed by atoms with Gasteiger partial charge in [-0.1, -0.05) is 13.8 Å². The van der Waals surface area contributed by atoms with Crippen LogP contribution in [0.4, 0.5) is 0 Å². The number of hydrogen-bond acceptors (Lipinski definition) is 4. The predicted molar refractivity (Wildman–Crippen MR) is 85.2 cm³/mol. The van der Waals surface area contributed by atoms with Crippen molar-refractivity contribution in [2.75, 3.05) is 32.8 Å². The first-order valence-electron chi connectivity index (χ1n) is 7.77. The van der Waals surface area contributed by atoms with E-state index in [0.717, 1.165) is 25.3 Å². The summed E-state index contributed by atoms with van der Waals surface area (Å²) in [5.74, 6) is 0.255. The predicted octanol–water partition coefficient (Wildman–Crippen LogP) is 0.770. The van der Waals surface area contributed by atoms with E-state index in [2.05, 4.69) is 29.0 Å². The van der Waals surface area contributed by atoms with Gasteiger partial charge < -0.3 is 15.0 Å². The lowest BCUT2D eigenvalue weighted by atomic mass is 10.1. The van der Waals surface area contributed by atoms with Crippen LogP contribution >= 0.6 is 0 Å². The third-order valence-corrected chi connectivity index (χ3v) is 3.64. The first-order valence-corrected chi connectivity index (χ1v) is 7.77. The van der Waals surface area contributed by atoms with Crippen molar-refractivity contribution in [2.45, 2.75) is 26.9 Å². The van der Waals surface area contributed by atoms with Crippen LogP contribution in [0.15, 0.2) is 16.9 Å². The maximum Gasteiger partial charge on any atom is 0.260 e. The minimum atomic E-state index is -0.358. The van der Waals surface area contributed by atoms with Gasteiger partial charge in [0.2, 0.25) is 0 Å². The fourth-order valence-corrected chi connectivity index (χ4v) is 2.64. The fourth-order valence-electron chi connectivity index (χ4n) is 2.64. The Kier molecular flexibility index (Phi) is 5.74. The average Bonchev–Trinajstić information content (AvgIpc) is 2.44. The highest BCUT2D eigenvalue weighted by molar-refractivity contribution is 5.93. The molecule has 2 rings (SSSR count). The van der Waals surface area contributed by atoms with Crippen molar-refractivity contribution < 1.29 is 9.53 Å². The largest absolute Gasteiger partial charge is 0.374 e. The van der Waals surface area contributed by atoms with Gasteiger partial charge in [-0.2, -0.15) is 0 Å². The van der Waals surface area contributed by atoms with Gasteiger partial charge in [-0.25, -0.2) is 0 Å². The normalized spacial score (nSPS) is 19.4. The van der Waals surface area contributed by atoms with Gasteiger partial charge in [-0.3, -0.25) is 14.5 Å². The monoisotopic (exact) mass is 307 g/mol. The molecule has 1 fully saturated rings.